The minimum Gasteiger partial charge on any atom is -0.324 e. The highest BCUT2D eigenvalue weighted by Crippen LogP contribution is 2.26. The SMILES string of the molecule is NCC(=O)C1CCCC([N+](=O)[O-])C1. The number of rotatable bonds is 3. The molecule has 5 nitrogen and oxygen atoms in total. The quantitative estimate of drug-likeness (QED) is 0.509. The number of carbonyl (C=O) groups excluding carboxylic acids is 1. The van der Waals surface area contributed by atoms with Crippen LogP contribution in [0.3, 0.4) is 0 Å². The van der Waals surface area contributed by atoms with Crippen molar-refractivity contribution in [1.29, 1.82) is 0 Å². The van der Waals surface area contributed by atoms with Gasteiger partial charge in [-0.2, -0.15) is 0 Å². The number of nitrogens with zero attached hydrogens (tertiary/aromatic N) is 1. The van der Waals surface area contributed by atoms with Crippen LogP contribution in [0.5, 0.6) is 0 Å². The summed E-state index contributed by atoms with van der Waals surface area (Å²) in [6.45, 7) is 0.00903. The van der Waals surface area contributed by atoms with Crippen molar-refractivity contribution in [2.75, 3.05) is 6.54 Å². The van der Waals surface area contributed by atoms with E-state index < -0.39 is 6.04 Å². The van der Waals surface area contributed by atoms with Crippen LogP contribution in [0, 0.1) is 16.0 Å². The first kappa shape index (κ1) is 10.1. The van der Waals surface area contributed by atoms with Crippen LogP contribution < -0.4 is 5.73 Å². The average molecular weight is 186 g/mol. The van der Waals surface area contributed by atoms with E-state index in [2.05, 4.69) is 0 Å². The summed E-state index contributed by atoms with van der Waals surface area (Å²) < 4.78 is 0. The van der Waals surface area contributed by atoms with Gasteiger partial charge < -0.3 is 5.73 Å². The normalized spacial score (nSPS) is 28.4. The van der Waals surface area contributed by atoms with Crippen LogP contribution in [0.4, 0.5) is 0 Å². The molecule has 74 valence electrons. The minimum atomic E-state index is -0.533. The Bertz CT molecular complexity index is 217. The molecule has 1 rings (SSSR count). The van der Waals surface area contributed by atoms with Crippen LogP contribution in [0.2, 0.25) is 0 Å². The fourth-order valence-corrected chi connectivity index (χ4v) is 1.81. The van der Waals surface area contributed by atoms with Crippen molar-refractivity contribution in [2.45, 2.75) is 31.7 Å². The molecule has 0 aromatic rings. The lowest BCUT2D eigenvalue weighted by Crippen LogP contribution is -2.33. The molecule has 13 heavy (non-hydrogen) atoms. The van der Waals surface area contributed by atoms with E-state index in [1.807, 2.05) is 0 Å². The van der Waals surface area contributed by atoms with Gasteiger partial charge in [0.1, 0.15) is 5.78 Å². The Hall–Kier alpha value is -0.970. The molecular formula is C8H14N2O3. The number of nitrogens with two attached hydrogens (primary N) is 1. The van der Waals surface area contributed by atoms with Gasteiger partial charge in [0.25, 0.3) is 0 Å². The highest BCUT2D eigenvalue weighted by Gasteiger charge is 2.32. The van der Waals surface area contributed by atoms with Crippen LogP contribution in [-0.2, 0) is 4.79 Å². The van der Waals surface area contributed by atoms with Crippen LogP contribution in [-0.4, -0.2) is 23.3 Å². The van der Waals surface area contributed by atoms with E-state index in [4.69, 9.17) is 5.73 Å². The van der Waals surface area contributed by atoms with E-state index in [1.165, 1.54) is 0 Å². The summed E-state index contributed by atoms with van der Waals surface area (Å²) in [5.74, 6) is -0.208. The highest BCUT2D eigenvalue weighted by atomic mass is 16.6. The van der Waals surface area contributed by atoms with Crippen molar-refractivity contribution < 1.29 is 9.72 Å². The van der Waals surface area contributed by atoms with E-state index in [-0.39, 0.29) is 23.2 Å². The van der Waals surface area contributed by atoms with Crippen molar-refractivity contribution in [2.24, 2.45) is 11.7 Å². The Kier molecular flexibility index (Phi) is 3.36. The first-order valence-electron chi connectivity index (χ1n) is 4.51. The molecule has 0 aromatic heterocycles. The van der Waals surface area contributed by atoms with E-state index in [0.29, 0.717) is 12.8 Å². The molecule has 1 saturated carbocycles. The Morgan fingerprint density at radius 1 is 1.54 bits per heavy atom. The molecule has 1 fully saturated rings. The lowest BCUT2D eigenvalue weighted by Gasteiger charge is -2.22. The number of Topliss-reactive ketones (excluding diaryl/α,β-unsaturated/α-hetero) is 1. The Labute approximate surface area is 76.4 Å². The van der Waals surface area contributed by atoms with Gasteiger partial charge in [-0.15, -0.1) is 0 Å². The van der Waals surface area contributed by atoms with Crippen molar-refractivity contribution in [3.05, 3.63) is 10.1 Å². The molecule has 2 unspecified atom stereocenters. The zero-order valence-corrected chi connectivity index (χ0v) is 7.44. The van der Waals surface area contributed by atoms with Gasteiger partial charge in [0, 0.05) is 23.7 Å². The monoisotopic (exact) mass is 186 g/mol. The van der Waals surface area contributed by atoms with Crippen molar-refractivity contribution >= 4 is 5.78 Å². The van der Waals surface area contributed by atoms with Gasteiger partial charge in [0.15, 0.2) is 0 Å². The molecule has 0 bridgehead atoms. The van der Waals surface area contributed by atoms with Crippen molar-refractivity contribution in [3.63, 3.8) is 0 Å². The van der Waals surface area contributed by atoms with Crippen LogP contribution in [0.1, 0.15) is 25.7 Å². The summed E-state index contributed by atoms with van der Waals surface area (Å²) in [6.07, 6.45) is 2.51. The molecule has 0 spiro atoms. The zero-order valence-electron chi connectivity index (χ0n) is 7.44. The number of hydrogen-bond donors (Lipinski definition) is 1. The molecule has 0 aliphatic heterocycles. The van der Waals surface area contributed by atoms with Crippen molar-refractivity contribution in [3.8, 4) is 0 Å². The molecule has 1 aliphatic carbocycles. The number of nitro groups is 1. The minimum absolute atomic E-state index is 0.00903. The van der Waals surface area contributed by atoms with Crippen molar-refractivity contribution in [1.82, 2.24) is 0 Å². The van der Waals surface area contributed by atoms with E-state index in [9.17, 15) is 14.9 Å². The fraction of sp³-hybridized carbons (Fsp3) is 0.875. The van der Waals surface area contributed by atoms with E-state index in [0.717, 1.165) is 12.8 Å². The standard InChI is InChI=1S/C8H14N2O3/c9-5-8(11)6-2-1-3-7(4-6)10(12)13/h6-7H,1-5,9H2. The van der Waals surface area contributed by atoms with Crippen LogP contribution >= 0.6 is 0 Å². The first-order chi connectivity index (χ1) is 6.15. The molecule has 0 amide bonds. The molecule has 2 N–H and O–H groups in total. The third-order valence-corrected chi connectivity index (χ3v) is 2.60. The smallest absolute Gasteiger partial charge is 0.213 e. The number of carbonyl (C=O) groups is 1. The van der Waals surface area contributed by atoms with Gasteiger partial charge in [-0.3, -0.25) is 14.9 Å². The predicted octanol–water partition coefficient (Wildman–Crippen LogP) is 0.350. The summed E-state index contributed by atoms with van der Waals surface area (Å²) in [4.78, 5) is 21.4. The molecule has 0 aromatic carbocycles. The Balaban J connectivity index is 2.51. The summed E-state index contributed by atoms with van der Waals surface area (Å²) in [5, 5.41) is 10.5. The third kappa shape index (κ3) is 2.48. The largest absolute Gasteiger partial charge is 0.324 e. The van der Waals surface area contributed by atoms with Gasteiger partial charge >= 0.3 is 0 Å². The van der Waals surface area contributed by atoms with Crippen LogP contribution in [0.15, 0.2) is 0 Å². The topological polar surface area (TPSA) is 86.2 Å². The molecule has 0 radical (unpaired) electrons. The maximum absolute atomic E-state index is 11.2. The van der Waals surface area contributed by atoms with Gasteiger partial charge in [-0.05, 0) is 12.8 Å². The molecule has 0 saturated heterocycles. The maximum atomic E-state index is 11.2. The molecule has 5 heteroatoms. The maximum Gasteiger partial charge on any atom is 0.213 e. The Morgan fingerprint density at radius 3 is 2.77 bits per heavy atom. The predicted molar refractivity (Wildman–Crippen MR) is 46.8 cm³/mol. The van der Waals surface area contributed by atoms with Gasteiger partial charge in [-0.25, -0.2) is 0 Å². The summed E-state index contributed by atoms with van der Waals surface area (Å²) in [5.41, 5.74) is 5.21. The molecule has 1 aliphatic rings. The second-order valence-electron chi connectivity index (χ2n) is 3.47. The van der Waals surface area contributed by atoms with Gasteiger partial charge in [-0.1, -0.05) is 0 Å². The summed E-state index contributed by atoms with van der Waals surface area (Å²) >= 11 is 0. The average Bonchev–Trinajstić information content (AvgIpc) is 2.17. The second-order valence-corrected chi connectivity index (χ2v) is 3.47. The number of ketones is 1. The second kappa shape index (κ2) is 4.32. The first-order valence-corrected chi connectivity index (χ1v) is 4.51. The third-order valence-electron chi connectivity index (χ3n) is 2.60. The van der Waals surface area contributed by atoms with E-state index in [1.54, 1.807) is 0 Å². The zero-order chi connectivity index (χ0) is 9.84. The van der Waals surface area contributed by atoms with Crippen LogP contribution in [0.25, 0.3) is 0 Å². The number of hydrogen-bond acceptors (Lipinski definition) is 4. The molecular weight excluding hydrogens is 172 g/mol. The lowest BCUT2D eigenvalue weighted by molar-refractivity contribution is -0.527. The summed E-state index contributed by atoms with van der Waals surface area (Å²) in [6, 6.07) is -0.533. The van der Waals surface area contributed by atoms with E-state index >= 15 is 0 Å². The fourth-order valence-electron chi connectivity index (χ4n) is 1.81. The highest BCUT2D eigenvalue weighted by molar-refractivity contribution is 5.82. The summed E-state index contributed by atoms with van der Waals surface area (Å²) in [7, 11) is 0. The Morgan fingerprint density at radius 2 is 2.23 bits per heavy atom. The lowest BCUT2D eigenvalue weighted by atomic mass is 9.83. The molecule has 0 heterocycles. The van der Waals surface area contributed by atoms with Gasteiger partial charge in [0.2, 0.25) is 6.04 Å². The molecule has 2 atom stereocenters. The van der Waals surface area contributed by atoms with Gasteiger partial charge in [0.05, 0.1) is 6.54 Å².